The molecule has 0 amide bonds. The van der Waals surface area contributed by atoms with E-state index in [1.165, 1.54) is 24.8 Å². The summed E-state index contributed by atoms with van der Waals surface area (Å²) in [5.41, 5.74) is 8.57. The molecule has 2 aromatic rings. The zero-order valence-electron chi connectivity index (χ0n) is 11.1. The molecule has 98 valence electrons. The van der Waals surface area contributed by atoms with E-state index in [1.807, 2.05) is 12.1 Å². The van der Waals surface area contributed by atoms with Crippen LogP contribution in [0.25, 0.3) is 11.1 Å². The first-order chi connectivity index (χ1) is 8.81. The molecule has 0 aliphatic rings. The van der Waals surface area contributed by atoms with Gasteiger partial charge in [-0.1, -0.05) is 31.4 Å². The summed E-state index contributed by atoms with van der Waals surface area (Å²) in [6.45, 7) is 2.88. The molecule has 0 unspecified atom stereocenters. The summed E-state index contributed by atoms with van der Waals surface area (Å²) in [6.07, 6.45) is 6.96. The standard InChI is InChI=1S/C15H22N2O/c1-12-8-7-9-13-15(12)17-14(18-13)10-5-3-2-4-6-11-16/h7-9H,2-6,10-11,16H2,1H3. The molecule has 0 aliphatic heterocycles. The van der Waals surface area contributed by atoms with Crippen molar-refractivity contribution in [2.24, 2.45) is 5.73 Å². The zero-order chi connectivity index (χ0) is 12.8. The van der Waals surface area contributed by atoms with Gasteiger partial charge >= 0.3 is 0 Å². The summed E-state index contributed by atoms with van der Waals surface area (Å²) in [6, 6.07) is 6.07. The predicted octanol–water partition coefficient (Wildman–Crippen LogP) is 3.59. The number of rotatable bonds is 7. The molecule has 3 nitrogen and oxygen atoms in total. The Hall–Kier alpha value is -1.35. The second-order valence-electron chi connectivity index (χ2n) is 4.84. The molecule has 0 fully saturated rings. The first-order valence-electron chi connectivity index (χ1n) is 6.86. The average Bonchev–Trinajstić information content (AvgIpc) is 2.78. The van der Waals surface area contributed by atoms with Gasteiger partial charge in [0.15, 0.2) is 11.5 Å². The van der Waals surface area contributed by atoms with Crippen molar-refractivity contribution in [1.82, 2.24) is 4.98 Å². The highest BCUT2D eigenvalue weighted by Crippen LogP contribution is 2.20. The van der Waals surface area contributed by atoms with Gasteiger partial charge in [-0.3, -0.25) is 0 Å². The van der Waals surface area contributed by atoms with Crippen LogP contribution in [0.2, 0.25) is 0 Å². The van der Waals surface area contributed by atoms with Gasteiger partial charge in [0.05, 0.1) is 0 Å². The second kappa shape index (κ2) is 6.55. The molecule has 1 aromatic heterocycles. The number of unbranched alkanes of at least 4 members (excludes halogenated alkanes) is 4. The number of hydrogen-bond acceptors (Lipinski definition) is 3. The summed E-state index contributed by atoms with van der Waals surface area (Å²) in [5, 5.41) is 0. The third-order valence-electron chi connectivity index (χ3n) is 3.26. The minimum absolute atomic E-state index is 0.810. The minimum atomic E-state index is 0.810. The molecule has 0 aliphatic carbocycles. The number of aryl methyl sites for hydroxylation is 2. The van der Waals surface area contributed by atoms with Crippen molar-refractivity contribution in [2.75, 3.05) is 6.54 Å². The summed E-state index contributed by atoms with van der Waals surface area (Å²) < 4.78 is 5.75. The molecule has 0 radical (unpaired) electrons. The van der Waals surface area contributed by atoms with E-state index in [9.17, 15) is 0 Å². The van der Waals surface area contributed by atoms with Crippen LogP contribution in [-0.4, -0.2) is 11.5 Å². The van der Waals surface area contributed by atoms with Crippen LogP contribution in [-0.2, 0) is 6.42 Å². The van der Waals surface area contributed by atoms with E-state index >= 15 is 0 Å². The Morgan fingerprint density at radius 1 is 1.11 bits per heavy atom. The Morgan fingerprint density at radius 3 is 2.67 bits per heavy atom. The molecule has 2 rings (SSSR count). The summed E-state index contributed by atoms with van der Waals surface area (Å²) in [4.78, 5) is 4.56. The first-order valence-corrected chi connectivity index (χ1v) is 6.86. The average molecular weight is 246 g/mol. The Balaban J connectivity index is 1.83. The third kappa shape index (κ3) is 3.33. The van der Waals surface area contributed by atoms with Crippen LogP contribution in [0, 0.1) is 6.92 Å². The number of nitrogens with two attached hydrogens (primary N) is 1. The molecule has 1 heterocycles. The lowest BCUT2D eigenvalue weighted by Crippen LogP contribution is -1.97. The van der Waals surface area contributed by atoms with E-state index in [-0.39, 0.29) is 0 Å². The first kappa shape index (κ1) is 13.1. The fraction of sp³-hybridized carbons (Fsp3) is 0.533. The molecular formula is C15H22N2O. The zero-order valence-corrected chi connectivity index (χ0v) is 11.1. The van der Waals surface area contributed by atoms with Crippen LogP contribution in [0.1, 0.15) is 43.6 Å². The van der Waals surface area contributed by atoms with E-state index in [2.05, 4.69) is 18.0 Å². The van der Waals surface area contributed by atoms with Crippen LogP contribution in [0.3, 0.4) is 0 Å². The van der Waals surface area contributed by atoms with Crippen molar-refractivity contribution in [3.63, 3.8) is 0 Å². The van der Waals surface area contributed by atoms with Crippen molar-refractivity contribution in [2.45, 2.75) is 45.4 Å². The van der Waals surface area contributed by atoms with Crippen LogP contribution in [0.15, 0.2) is 22.6 Å². The van der Waals surface area contributed by atoms with Gasteiger partial charge in [-0.2, -0.15) is 0 Å². The topological polar surface area (TPSA) is 52.0 Å². The lowest BCUT2D eigenvalue weighted by molar-refractivity contribution is 0.506. The van der Waals surface area contributed by atoms with Crippen molar-refractivity contribution >= 4 is 11.1 Å². The lowest BCUT2D eigenvalue weighted by atomic mass is 10.1. The maximum absolute atomic E-state index is 5.75. The highest BCUT2D eigenvalue weighted by molar-refractivity contribution is 5.76. The quantitative estimate of drug-likeness (QED) is 0.759. The molecule has 3 heteroatoms. The Labute approximate surface area is 108 Å². The number of nitrogens with zero attached hydrogens (tertiary/aromatic N) is 1. The SMILES string of the molecule is Cc1cccc2oc(CCCCCCCN)nc12. The number of para-hydroxylation sites is 1. The van der Waals surface area contributed by atoms with Gasteiger partial charge < -0.3 is 10.2 Å². The van der Waals surface area contributed by atoms with Crippen molar-refractivity contribution < 1.29 is 4.42 Å². The highest BCUT2D eigenvalue weighted by atomic mass is 16.3. The predicted molar refractivity (Wildman–Crippen MR) is 74.6 cm³/mol. The summed E-state index contributed by atoms with van der Waals surface area (Å²) in [7, 11) is 0. The van der Waals surface area contributed by atoms with E-state index in [4.69, 9.17) is 10.2 Å². The number of fused-ring (bicyclic) bond motifs is 1. The molecule has 0 saturated carbocycles. The van der Waals surface area contributed by atoms with Crippen molar-refractivity contribution in [3.05, 3.63) is 29.7 Å². The summed E-state index contributed by atoms with van der Waals surface area (Å²) >= 11 is 0. The maximum Gasteiger partial charge on any atom is 0.195 e. The van der Waals surface area contributed by atoms with Crippen LogP contribution in [0.5, 0.6) is 0 Å². The summed E-state index contributed by atoms with van der Waals surface area (Å²) in [5.74, 6) is 0.873. The number of hydrogen-bond donors (Lipinski definition) is 1. The van der Waals surface area contributed by atoms with Gasteiger partial charge in [0.1, 0.15) is 5.52 Å². The number of benzene rings is 1. The van der Waals surface area contributed by atoms with E-state index in [0.29, 0.717) is 0 Å². The smallest absolute Gasteiger partial charge is 0.195 e. The Bertz CT molecular complexity index is 490. The van der Waals surface area contributed by atoms with Gasteiger partial charge in [0, 0.05) is 6.42 Å². The largest absolute Gasteiger partial charge is 0.441 e. The number of aromatic nitrogens is 1. The molecular weight excluding hydrogens is 224 g/mol. The minimum Gasteiger partial charge on any atom is -0.441 e. The van der Waals surface area contributed by atoms with Gasteiger partial charge in [-0.25, -0.2) is 4.98 Å². The van der Waals surface area contributed by atoms with Crippen LogP contribution < -0.4 is 5.73 Å². The fourth-order valence-corrected chi connectivity index (χ4v) is 2.19. The molecule has 0 atom stereocenters. The van der Waals surface area contributed by atoms with Crippen LogP contribution in [0.4, 0.5) is 0 Å². The highest BCUT2D eigenvalue weighted by Gasteiger charge is 2.06. The van der Waals surface area contributed by atoms with E-state index in [1.54, 1.807) is 0 Å². The molecule has 0 saturated heterocycles. The Kier molecular flexibility index (Phi) is 4.76. The Morgan fingerprint density at radius 2 is 1.89 bits per heavy atom. The van der Waals surface area contributed by atoms with Gasteiger partial charge in [0.25, 0.3) is 0 Å². The lowest BCUT2D eigenvalue weighted by Gasteiger charge is -1.98. The molecule has 1 aromatic carbocycles. The van der Waals surface area contributed by atoms with Gasteiger partial charge in [-0.15, -0.1) is 0 Å². The van der Waals surface area contributed by atoms with Crippen molar-refractivity contribution in [1.29, 1.82) is 0 Å². The maximum atomic E-state index is 5.75. The van der Waals surface area contributed by atoms with Crippen LogP contribution >= 0.6 is 0 Å². The van der Waals surface area contributed by atoms with E-state index < -0.39 is 0 Å². The monoisotopic (exact) mass is 246 g/mol. The molecule has 18 heavy (non-hydrogen) atoms. The fourth-order valence-electron chi connectivity index (χ4n) is 2.19. The second-order valence-corrected chi connectivity index (χ2v) is 4.84. The number of oxazole rings is 1. The van der Waals surface area contributed by atoms with Crippen molar-refractivity contribution in [3.8, 4) is 0 Å². The van der Waals surface area contributed by atoms with E-state index in [0.717, 1.165) is 42.8 Å². The van der Waals surface area contributed by atoms with Gasteiger partial charge in [0.2, 0.25) is 0 Å². The molecule has 0 bridgehead atoms. The molecule has 2 N–H and O–H groups in total. The third-order valence-corrected chi connectivity index (χ3v) is 3.26. The normalized spacial score (nSPS) is 11.2. The van der Waals surface area contributed by atoms with Gasteiger partial charge in [-0.05, 0) is 37.9 Å². The molecule has 0 spiro atoms.